The van der Waals surface area contributed by atoms with Crippen LogP contribution in [0.1, 0.15) is 28.8 Å². The summed E-state index contributed by atoms with van der Waals surface area (Å²) in [5.74, 6) is -2.66. The number of hydrogen-bond acceptors (Lipinski definition) is 2. The van der Waals surface area contributed by atoms with Crippen molar-refractivity contribution in [2.75, 3.05) is 6.61 Å². The first-order valence-corrected chi connectivity index (χ1v) is 9.31. The summed E-state index contributed by atoms with van der Waals surface area (Å²) in [6.45, 7) is 1.59. The van der Waals surface area contributed by atoms with Gasteiger partial charge in [0.15, 0.2) is 0 Å². The highest BCUT2D eigenvalue weighted by molar-refractivity contribution is 5.86. The first-order chi connectivity index (χ1) is 13.1. The number of ether oxygens (including phenoxy) is 1. The Bertz CT molecular complexity index is 934. The Hall–Kier alpha value is -2.24. The maximum atomic E-state index is 14.0. The summed E-state index contributed by atoms with van der Waals surface area (Å²) in [7, 11) is 0. The van der Waals surface area contributed by atoms with Crippen LogP contribution < -0.4 is 0 Å². The number of halogens is 2. The molecule has 0 unspecified atom stereocenters. The largest absolute Gasteiger partial charge is 0.392 e. The van der Waals surface area contributed by atoms with E-state index in [9.17, 15) is 13.9 Å². The zero-order chi connectivity index (χ0) is 18.9. The molecule has 3 aromatic rings. The van der Waals surface area contributed by atoms with Gasteiger partial charge < -0.3 is 14.4 Å². The van der Waals surface area contributed by atoms with Crippen LogP contribution in [0.25, 0.3) is 10.9 Å². The van der Waals surface area contributed by atoms with Gasteiger partial charge >= 0.3 is 0 Å². The van der Waals surface area contributed by atoms with Crippen molar-refractivity contribution in [2.45, 2.75) is 44.9 Å². The Morgan fingerprint density at radius 1 is 1.07 bits per heavy atom. The fourth-order valence-electron chi connectivity index (χ4n) is 3.93. The SMILES string of the molecule is OCc1ccc2c(c1)c1c(n2CCOCc2ccccc2)CCC(F)(F)C1. The lowest BCUT2D eigenvalue weighted by molar-refractivity contribution is -0.0126. The zero-order valence-corrected chi connectivity index (χ0v) is 15.1. The van der Waals surface area contributed by atoms with E-state index in [1.807, 2.05) is 48.5 Å². The van der Waals surface area contributed by atoms with Crippen molar-refractivity contribution < 1.29 is 18.6 Å². The van der Waals surface area contributed by atoms with E-state index in [-0.39, 0.29) is 19.4 Å². The zero-order valence-electron chi connectivity index (χ0n) is 15.1. The molecule has 1 aromatic heterocycles. The maximum Gasteiger partial charge on any atom is 0.252 e. The van der Waals surface area contributed by atoms with Gasteiger partial charge in [-0.05, 0) is 35.2 Å². The van der Waals surface area contributed by atoms with Gasteiger partial charge in [0.05, 0.1) is 19.8 Å². The minimum absolute atomic E-state index is 0.0908. The lowest BCUT2D eigenvalue weighted by atomic mass is 9.92. The lowest BCUT2D eigenvalue weighted by Crippen LogP contribution is -2.26. The average molecular weight is 371 g/mol. The van der Waals surface area contributed by atoms with Crippen molar-refractivity contribution in [3.63, 3.8) is 0 Å². The quantitative estimate of drug-likeness (QED) is 0.649. The first kappa shape index (κ1) is 18.1. The molecule has 27 heavy (non-hydrogen) atoms. The number of aliphatic hydroxyl groups excluding tert-OH is 1. The molecule has 1 heterocycles. The number of fused-ring (bicyclic) bond motifs is 3. The average Bonchev–Trinajstić information content (AvgIpc) is 2.97. The first-order valence-electron chi connectivity index (χ1n) is 9.31. The third-order valence-electron chi connectivity index (χ3n) is 5.27. The van der Waals surface area contributed by atoms with Crippen LogP contribution in [0.2, 0.25) is 0 Å². The number of aliphatic hydroxyl groups is 1. The van der Waals surface area contributed by atoms with E-state index in [0.29, 0.717) is 26.2 Å². The summed E-state index contributed by atoms with van der Waals surface area (Å²) in [5, 5.41) is 10.2. The normalized spacial score (nSPS) is 15.8. The minimum Gasteiger partial charge on any atom is -0.392 e. The second kappa shape index (κ2) is 7.41. The molecule has 0 spiro atoms. The summed E-state index contributed by atoms with van der Waals surface area (Å²) in [4.78, 5) is 0. The number of nitrogens with zero attached hydrogens (tertiary/aromatic N) is 1. The molecule has 0 radical (unpaired) electrons. The van der Waals surface area contributed by atoms with Crippen molar-refractivity contribution in [3.8, 4) is 0 Å². The molecule has 1 aliphatic carbocycles. The van der Waals surface area contributed by atoms with Crippen LogP contribution in [-0.2, 0) is 37.3 Å². The summed E-state index contributed by atoms with van der Waals surface area (Å²) in [6, 6.07) is 15.6. The summed E-state index contributed by atoms with van der Waals surface area (Å²) >= 11 is 0. The summed E-state index contributed by atoms with van der Waals surface area (Å²) < 4.78 is 36.0. The van der Waals surface area contributed by atoms with Crippen LogP contribution in [0.4, 0.5) is 8.78 Å². The fourth-order valence-corrected chi connectivity index (χ4v) is 3.93. The standard InChI is InChI=1S/C22H23F2NO2/c23-22(24)9-8-21-19(13-22)18-12-17(14-26)6-7-20(18)25(21)10-11-27-15-16-4-2-1-3-5-16/h1-7,12,26H,8-11,13-15H2. The summed E-state index contributed by atoms with van der Waals surface area (Å²) in [5.41, 5.74) is 4.51. The molecule has 0 amide bonds. The fraction of sp³-hybridized carbons (Fsp3) is 0.364. The van der Waals surface area contributed by atoms with Gasteiger partial charge in [-0.3, -0.25) is 0 Å². The van der Waals surface area contributed by atoms with Crippen LogP contribution in [-0.4, -0.2) is 22.2 Å². The molecular formula is C22H23F2NO2. The van der Waals surface area contributed by atoms with Crippen LogP contribution in [0, 0.1) is 0 Å². The van der Waals surface area contributed by atoms with Crippen molar-refractivity contribution >= 4 is 10.9 Å². The van der Waals surface area contributed by atoms with Crippen LogP contribution in [0.15, 0.2) is 48.5 Å². The molecule has 0 saturated heterocycles. The maximum absolute atomic E-state index is 14.0. The van der Waals surface area contributed by atoms with Gasteiger partial charge in [-0.2, -0.15) is 0 Å². The number of rotatable bonds is 6. The molecule has 1 N–H and O–H groups in total. The highest BCUT2D eigenvalue weighted by Crippen LogP contribution is 2.39. The van der Waals surface area contributed by atoms with E-state index in [4.69, 9.17) is 4.74 Å². The van der Waals surface area contributed by atoms with E-state index in [0.717, 1.165) is 33.3 Å². The van der Waals surface area contributed by atoms with Gasteiger partial charge in [0.2, 0.25) is 0 Å². The minimum atomic E-state index is -2.66. The molecule has 3 nitrogen and oxygen atoms in total. The van der Waals surface area contributed by atoms with Gasteiger partial charge in [0.25, 0.3) is 5.92 Å². The molecule has 0 bridgehead atoms. The number of hydrogen-bond donors (Lipinski definition) is 1. The Labute approximate surface area is 157 Å². The van der Waals surface area contributed by atoms with Crippen LogP contribution in [0.5, 0.6) is 0 Å². The highest BCUT2D eigenvalue weighted by atomic mass is 19.3. The molecule has 142 valence electrons. The Kier molecular flexibility index (Phi) is 4.98. The third kappa shape index (κ3) is 3.75. The van der Waals surface area contributed by atoms with Crippen LogP contribution in [0.3, 0.4) is 0 Å². The van der Waals surface area contributed by atoms with Crippen molar-refractivity contribution in [2.24, 2.45) is 0 Å². The van der Waals surface area contributed by atoms with Gasteiger partial charge in [-0.25, -0.2) is 8.78 Å². The van der Waals surface area contributed by atoms with Crippen molar-refractivity contribution in [3.05, 3.63) is 70.9 Å². The monoisotopic (exact) mass is 371 g/mol. The second-order valence-electron chi connectivity index (χ2n) is 7.16. The molecule has 0 atom stereocenters. The predicted molar refractivity (Wildman–Crippen MR) is 101 cm³/mol. The molecular weight excluding hydrogens is 348 g/mol. The van der Waals surface area contributed by atoms with E-state index < -0.39 is 5.92 Å². The van der Waals surface area contributed by atoms with Gasteiger partial charge in [-0.15, -0.1) is 0 Å². The molecule has 0 saturated carbocycles. The van der Waals surface area contributed by atoms with Crippen molar-refractivity contribution in [1.82, 2.24) is 4.57 Å². The molecule has 5 heteroatoms. The van der Waals surface area contributed by atoms with E-state index in [1.54, 1.807) is 0 Å². The topological polar surface area (TPSA) is 34.4 Å². The van der Waals surface area contributed by atoms with Crippen LogP contribution >= 0.6 is 0 Å². The second-order valence-corrected chi connectivity index (χ2v) is 7.16. The van der Waals surface area contributed by atoms with E-state index in [2.05, 4.69) is 4.57 Å². The van der Waals surface area contributed by atoms with Gasteiger partial charge in [-0.1, -0.05) is 36.4 Å². The van der Waals surface area contributed by atoms with E-state index in [1.165, 1.54) is 0 Å². The molecule has 1 aliphatic rings. The van der Waals surface area contributed by atoms with Gasteiger partial charge in [0.1, 0.15) is 0 Å². The lowest BCUT2D eigenvalue weighted by Gasteiger charge is -2.23. The molecule has 0 aliphatic heterocycles. The highest BCUT2D eigenvalue weighted by Gasteiger charge is 2.37. The number of alkyl halides is 2. The molecule has 0 fully saturated rings. The number of aromatic nitrogens is 1. The summed E-state index contributed by atoms with van der Waals surface area (Å²) in [6.07, 6.45) is 0.0177. The number of benzene rings is 2. The predicted octanol–water partition coefficient (Wildman–Crippen LogP) is 4.47. The van der Waals surface area contributed by atoms with E-state index >= 15 is 0 Å². The Balaban J connectivity index is 1.58. The smallest absolute Gasteiger partial charge is 0.252 e. The molecule has 2 aromatic carbocycles. The Morgan fingerprint density at radius 2 is 1.89 bits per heavy atom. The third-order valence-corrected chi connectivity index (χ3v) is 5.27. The Morgan fingerprint density at radius 3 is 2.67 bits per heavy atom. The van der Waals surface area contributed by atoms with Gasteiger partial charge in [0, 0.05) is 36.0 Å². The van der Waals surface area contributed by atoms with Crippen molar-refractivity contribution in [1.29, 1.82) is 0 Å². The molecule has 4 rings (SSSR count).